The number of benzene rings is 1. The number of ether oxygens (including phenoxy) is 1. The standard InChI is InChI=1S/C24H29N7O2/c1-23(2)9-18(10-24(3,4)30-23)31(5)22-27-13-20(28-29-22)19-7-6-16(8-21(19)33-15-32)17-11-25-14-26-12-17/h6-8,11-15,18,30H,9-10H2,1-5H3. The topological polar surface area (TPSA) is 106 Å². The number of hydrogen-bond donors (Lipinski definition) is 1. The third-order valence-corrected chi connectivity index (χ3v) is 5.91. The Morgan fingerprint density at radius 3 is 2.33 bits per heavy atom. The van der Waals surface area contributed by atoms with Gasteiger partial charge in [-0.25, -0.2) is 15.0 Å². The second-order valence-corrected chi connectivity index (χ2v) is 9.76. The van der Waals surface area contributed by atoms with Crippen LogP contribution in [0.2, 0.25) is 0 Å². The number of carbonyl (C=O) groups excluding carboxylic acids is 1. The number of nitrogens with zero attached hydrogens (tertiary/aromatic N) is 6. The highest BCUT2D eigenvalue weighted by Crippen LogP contribution is 2.34. The maximum atomic E-state index is 11.1. The molecule has 172 valence electrons. The van der Waals surface area contributed by atoms with Crippen LogP contribution < -0.4 is 15.0 Å². The van der Waals surface area contributed by atoms with Crippen LogP contribution in [0.15, 0.2) is 43.1 Å². The largest absolute Gasteiger partial charge is 0.428 e. The maximum absolute atomic E-state index is 11.1. The second kappa shape index (κ2) is 8.82. The normalized spacial score (nSPS) is 17.4. The van der Waals surface area contributed by atoms with Crippen LogP contribution in [-0.2, 0) is 4.79 Å². The van der Waals surface area contributed by atoms with Gasteiger partial charge in [0, 0.05) is 47.7 Å². The highest BCUT2D eigenvalue weighted by Gasteiger charge is 2.39. The van der Waals surface area contributed by atoms with E-state index in [1.165, 1.54) is 6.33 Å². The molecule has 1 aliphatic rings. The molecule has 3 aromatic rings. The van der Waals surface area contributed by atoms with Crippen LogP contribution in [0, 0.1) is 0 Å². The van der Waals surface area contributed by atoms with E-state index in [4.69, 9.17) is 4.74 Å². The zero-order valence-electron chi connectivity index (χ0n) is 19.6. The Morgan fingerprint density at radius 1 is 1.03 bits per heavy atom. The van der Waals surface area contributed by atoms with Gasteiger partial charge in [0.25, 0.3) is 6.47 Å². The van der Waals surface area contributed by atoms with Gasteiger partial charge in [-0.15, -0.1) is 10.2 Å². The summed E-state index contributed by atoms with van der Waals surface area (Å²) >= 11 is 0. The Bertz CT molecular complexity index is 1100. The fourth-order valence-electron chi connectivity index (χ4n) is 4.77. The summed E-state index contributed by atoms with van der Waals surface area (Å²) in [5.74, 6) is 0.929. The zero-order chi connectivity index (χ0) is 23.6. The monoisotopic (exact) mass is 447 g/mol. The van der Waals surface area contributed by atoms with Crippen LogP contribution in [0.3, 0.4) is 0 Å². The van der Waals surface area contributed by atoms with Crippen molar-refractivity contribution in [3.05, 3.63) is 43.1 Å². The number of aromatic nitrogens is 5. The molecule has 0 saturated carbocycles. The predicted molar refractivity (Wildman–Crippen MR) is 126 cm³/mol. The highest BCUT2D eigenvalue weighted by atomic mass is 16.5. The maximum Gasteiger partial charge on any atom is 0.298 e. The minimum Gasteiger partial charge on any atom is -0.428 e. The lowest BCUT2D eigenvalue weighted by molar-refractivity contribution is -0.120. The van der Waals surface area contributed by atoms with Gasteiger partial charge in [-0.05, 0) is 58.2 Å². The van der Waals surface area contributed by atoms with E-state index < -0.39 is 0 Å². The van der Waals surface area contributed by atoms with Gasteiger partial charge < -0.3 is 15.0 Å². The van der Waals surface area contributed by atoms with E-state index in [9.17, 15) is 4.79 Å². The summed E-state index contributed by atoms with van der Waals surface area (Å²) in [6.07, 6.45) is 8.46. The molecule has 0 amide bonds. The van der Waals surface area contributed by atoms with E-state index >= 15 is 0 Å². The minimum absolute atomic E-state index is 0.0145. The number of nitrogens with one attached hydrogen (secondary N) is 1. The first-order valence-corrected chi connectivity index (χ1v) is 10.9. The number of hydrogen-bond acceptors (Lipinski definition) is 9. The van der Waals surface area contributed by atoms with Crippen molar-refractivity contribution >= 4 is 12.4 Å². The molecule has 1 aromatic carbocycles. The molecular formula is C24H29N7O2. The van der Waals surface area contributed by atoms with Crippen LogP contribution in [0.4, 0.5) is 5.95 Å². The molecule has 1 saturated heterocycles. The van der Waals surface area contributed by atoms with E-state index in [0.29, 0.717) is 29.4 Å². The Morgan fingerprint density at radius 2 is 1.73 bits per heavy atom. The molecule has 0 spiro atoms. The van der Waals surface area contributed by atoms with Gasteiger partial charge in [-0.2, -0.15) is 0 Å². The molecule has 9 heteroatoms. The van der Waals surface area contributed by atoms with Crippen LogP contribution in [-0.4, -0.2) is 55.8 Å². The number of piperidine rings is 1. The lowest BCUT2D eigenvalue weighted by Crippen LogP contribution is -2.62. The number of carbonyl (C=O) groups is 1. The summed E-state index contributed by atoms with van der Waals surface area (Å²) in [5.41, 5.74) is 2.81. The Balaban J connectivity index is 1.59. The third-order valence-electron chi connectivity index (χ3n) is 5.91. The summed E-state index contributed by atoms with van der Waals surface area (Å²) in [5, 5.41) is 12.5. The van der Waals surface area contributed by atoms with Crippen LogP contribution >= 0.6 is 0 Å². The molecule has 9 nitrogen and oxygen atoms in total. The average Bonchev–Trinajstić information content (AvgIpc) is 2.77. The molecule has 1 aliphatic heterocycles. The van der Waals surface area contributed by atoms with Gasteiger partial charge in [0.15, 0.2) is 0 Å². The molecule has 1 fully saturated rings. The van der Waals surface area contributed by atoms with Crippen molar-refractivity contribution in [2.75, 3.05) is 11.9 Å². The van der Waals surface area contributed by atoms with Crippen molar-refractivity contribution < 1.29 is 9.53 Å². The highest BCUT2D eigenvalue weighted by molar-refractivity contribution is 5.75. The molecule has 0 unspecified atom stereocenters. The Labute approximate surface area is 193 Å². The van der Waals surface area contributed by atoms with E-state index in [2.05, 4.69) is 63.1 Å². The van der Waals surface area contributed by atoms with E-state index in [1.807, 2.05) is 19.2 Å². The smallest absolute Gasteiger partial charge is 0.298 e. The summed E-state index contributed by atoms with van der Waals surface area (Å²) in [6.45, 7) is 9.27. The van der Waals surface area contributed by atoms with Crippen LogP contribution in [0.25, 0.3) is 22.4 Å². The van der Waals surface area contributed by atoms with Crippen molar-refractivity contribution in [1.29, 1.82) is 0 Å². The minimum atomic E-state index is 0.0145. The summed E-state index contributed by atoms with van der Waals surface area (Å²) in [6, 6.07) is 5.76. The molecule has 0 radical (unpaired) electrons. The lowest BCUT2D eigenvalue weighted by Gasteiger charge is -2.48. The Hall–Kier alpha value is -3.46. The summed E-state index contributed by atoms with van der Waals surface area (Å²) in [4.78, 5) is 25.9. The molecule has 1 N–H and O–H groups in total. The molecule has 33 heavy (non-hydrogen) atoms. The summed E-state index contributed by atoms with van der Waals surface area (Å²) < 4.78 is 5.24. The molecule has 3 heterocycles. The summed E-state index contributed by atoms with van der Waals surface area (Å²) in [7, 11) is 2.01. The predicted octanol–water partition coefficient (Wildman–Crippen LogP) is 3.28. The SMILES string of the molecule is CN(c1ncc(-c2ccc(-c3cncnc3)cc2OC=O)nn1)C1CC(C)(C)NC(C)(C)C1. The molecule has 0 bridgehead atoms. The first-order valence-electron chi connectivity index (χ1n) is 10.9. The molecule has 4 rings (SSSR count). The lowest BCUT2D eigenvalue weighted by atomic mass is 9.79. The molecular weight excluding hydrogens is 418 g/mol. The van der Waals surface area contributed by atoms with Crippen LogP contribution in [0.1, 0.15) is 40.5 Å². The van der Waals surface area contributed by atoms with Crippen molar-refractivity contribution in [1.82, 2.24) is 30.5 Å². The van der Waals surface area contributed by atoms with Crippen LogP contribution in [0.5, 0.6) is 5.75 Å². The molecule has 0 atom stereocenters. The zero-order valence-corrected chi connectivity index (χ0v) is 19.6. The van der Waals surface area contributed by atoms with E-state index in [1.54, 1.807) is 24.7 Å². The van der Waals surface area contributed by atoms with Crippen molar-refractivity contribution in [2.45, 2.75) is 57.7 Å². The second-order valence-electron chi connectivity index (χ2n) is 9.76. The van der Waals surface area contributed by atoms with E-state index in [0.717, 1.165) is 24.0 Å². The van der Waals surface area contributed by atoms with Crippen molar-refractivity contribution in [3.63, 3.8) is 0 Å². The first-order chi connectivity index (χ1) is 15.7. The van der Waals surface area contributed by atoms with Gasteiger partial charge in [0.05, 0.1) is 6.20 Å². The van der Waals surface area contributed by atoms with Crippen molar-refractivity contribution in [3.8, 4) is 28.1 Å². The van der Waals surface area contributed by atoms with Crippen molar-refractivity contribution in [2.24, 2.45) is 0 Å². The quantitative estimate of drug-likeness (QED) is 0.570. The van der Waals surface area contributed by atoms with Gasteiger partial charge in [-0.1, -0.05) is 6.07 Å². The first kappa shape index (κ1) is 22.7. The molecule has 0 aliphatic carbocycles. The van der Waals surface area contributed by atoms with E-state index in [-0.39, 0.29) is 17.1 Å². The Kier molecular flexibility index (Phi) is 6.07. The van der Waals surface area contributed by atoms with Gasteiger partial charge in [0.1, 0.15) is 17.8 Å². The third kappa shape index (κ3) is 5.14. The fraction of sp³-hybridized carbons (Fsp3) is 0.417. The average molecular weight is 448 g/mol. The van der Waals surface area contributed by atoms with Gasteiger partial charge in [0.2, 0.25) is 5.95 Å². The fourth-order valence-corrected chi connectivity index (χ4v) is 4.77. The molecule has 2 aromatic heterocycles. The van der Waals surface area contributed by atoms with Gasteiger partial charge in [-0.3, -0.25) is 4.79 Å². The number of rotatable bonds is 6. The van der Waals surface area contributed by atoms with Gasteiger partial charge >= 0.3 is 0 Å². The number of anilines is 1.